The maximum atomic E-state index is 5.76. The first-order chi connectivity index (χ1) is 7.26. The maximum Gasteiger partial charge on any atom is 0.205 e. The summed E-state index contributed by atoms with van der Waals surface area (Å²) >= 11 is 7.36. The van der Waals surface area contributed by atoms with E-state index in [1.165, 1.54) is 12.8 Å². The van der Waals surface area contributed by atoms with Crippen molar-refractivity contribution in [2.75, 3.05) is 17.7 Å². The van der Waals surface area contributed by atoms with Gasteiger partial charge in [-0.3, -0.25) is 0 Å². The topological polar surface area (TPSA) is 37.8 Å². The van der Waals surface area contributed by atoms with E-state index >= 15 is 0 Å². The summed E-state index contributed by atoms with van der Waals surface area (Å²) in [5.41, 5.74) is 0. The van der Waals surface area contributed by atoms with Crippen LogP contribution in [0.1, 0.15) is 31.2 Å². The fourth-order valence-electron chi connectivity index (χ4n) is 1.51. The van der Waals surface area contributed by atoms with Crippen LogP contribution >= 0.6 is 22.9 Å². The van der Waals surface area contributed by atoms with Crippen LogP contribution in [0.4, 0.5) is 5.13 Å². The summed E-state index contributed by atoms with van der Waals surface area (Å²) in [7, 11) is 0. The summed E-state index contributed by atoms with van der Waals surface area (Å²) in [6, 6.07) is 0. The number of anilines is 1. The monoisotopic (exact) mass is 247 g/mol. The molecule has 0 amide bonds. The van der Waals surface area contributed by atoms with Crippen molar-refractivity contribution in [3.8, 4) is 0 Å². The van der Waals surface area contributed by atoms with Gasteiger partial charge in [0, 0.05) is 12.4 Å². The van der Waals surface area contributed by atoms with Gasteiger partial charge in [0.05, 0.1) is 0 Å². The summed E-state index contributed by atoms with van der Waals surface area (Å²) in [5.74, 6) is 1.39. The minimum Gasteiger partial charge on any atom is -0.360 e. The lowest BCUT2D eigenvalue weighted by Gasteiger charge is -2.14. The van der Waals surface area contributed by atoms with Gasteiger partial charge >= 0.3 is 0 Å². The van der Waals surface area contributed by atoms with Crippen molar-refractivity contribution in [2.24, 2.45) is 5.92 Å². The largest absolute Gasteiger partial charge is 0.360 e. The zero-order valence-corrected chi connectivity index (χ0v) is 10.9. The average molecular weight is 248 g/mol. The Hall–Kier alpha value is -0.350. The number of aryl methyl sites for hydroxylation is 1. The summed E-state index contributed by atoms with van der Waals surface area (Å²) in [5, 5.41) is 13.2. The molecule has 1 rings (SSSR count). The first kappa shape index (κ1) is 12.7. The summed E-state index contributed by atoms with van der Waals surface area (Å²) in [4.78, 5) is 0. The van der Waals surface area contributed by atoms with Gasteiger partial charge in [-0.1, -0.05) is 24.7 Å². The first-order valence-electron chi connectivity index (χ1n) is 5.36. The van der Waals surface area contributed by atoms with Crippen molar-refractivity contribution < 1.29 is 0 Å². The van der Waals surface area contributed by atoms with Gasteiger partial charge in [-0.15, -0.1) is 21.8 Å². The van der Waals surface area contributed by atoms with Crippen LogP contribution < -0.4 is 5.32 Å². The minimum absolute atomic E-state index is 0.650. The Morgan fingerprint density at radius 3 is 2.73 bits per heavy atom. The summed E-state index contributed by atoms with van der Waals surface area (Å²) in [6.45, 7) is 5.12. The number of hydrogen-bond acceptors (Lipinski definition) is 4. The van der Waals surface area contributed by atoms with Crippen molar-refractivity contribution in [2.45, 2.75) is 33.1 Å². The summed E-state index contributed by atoms with van der Waals surface area (Å²) < 4.78 is 0. The lowest BCUT2D eigenvalue weighted by Crippen LogP contribution is -2.14. The Morgan fingerprint density at radius 1 is 1.40 bits per heavy atom. The maximum absolute atomic E-state index is 5.76. The van der Waals surface area contributed by atoms with Crippen molar-refractivity contribution >= 4 is 28.1 Å². The van der Waals surface area contributed by atoms with Crippen LogP contribution in [0.25, 0.3) is 0 Å². The van der Waals surface area contributed by atoms with Crippen LogP contribution in [-0.4, -0.2) is 22.6 Å². The molecule has 1 aromatic rings. The molecule has 5 heteroatoms. The highest BCUT2D eigenvalue weighted by molar-refractivity contribution is 7.15. The number of rotatable bonds is 7. The molecule has 1 atom stereocenters. The van der Waals surface area contributed by atoms with Crippen molar-refractivity contribution in [3.05, 3.63) is 5.01 Å². The predicted molar refractivity (Wildman–Crippen MR) is 66.9 cm³/mol. The number of halogens is 1. The Labute approximate surface area is 100 Å². The van der Waals surface area contributed by atoms with E-state index in [9.17, 15) is 0 Å². The van der Waals surface area contributed by atoms with E-state index in [1.807, 2.05) is 6.92 Å². The molecular formula is C10H18ClN3S. The van der Waals surface area contributed by atoms with Gasteiger partial charge in [-0.2, -0.15) is 0 Å². The Kier molecular flexibility index (Phi) is 5.95. The lowest BCUT2D eigenvalue weighted by atomic mass is 10.0. The van der Waals surface area contributed by atoms with E-state index in [4.69, 9.17) is 11.6 Å². The van der Waals surface area contributed by atoms with E-state index in [-0.39, 0.29) is 0 Å². The molecule has 1 unspecified atom stereocenters. The van der Waals surface area contributed by atoms with E-state index in [0.717, 1.165) is 29.0 Å². The molecule has 0 aliphatic heterocycles. The fourth-order valence-corrected chi connectivity index (χ4v) is 2.42. The predicted octanol–water partition coefficient (Wildman–Crippen LogP) is 3.30. The van der Waals surface area contributed by atoms with E-state index in [1.54, 1.807) is 11.3 Å². The van der Waals surface area contributed by atoms with Gasteiger partial charge in [-0.05, 0) is 25.7 Å². The second-order valence-electron chi connectivity index (χ2n) is 3.64. The highest BCUT2D eigenvalue weighted by atomic mass is 35.5. The quantitative estimate of drug-likeness (QED) is 0.752. The Morgan fingerprint density at radius 2 is 2.20 bits per heavy atom. The molecule has 1 aromatic heterocycles. The zero-order valence-electron chi connectivity index (χ0n) is 9.29. The molecule has 0 saturated heterocycles. The van der Waals surface area contributed by atoms with Gasteiger partial charge in [0.1, 0.15) is 5.01 Å². The SMILES string of the molecule is CCCC(CCCl)CNc1nnc(C)s1. The fraction of sp³-hybridized carbons (Fsp3) is 0.800. The summed E-state index contributed by atoms with van der Waals surface area (Å²) in [6.07, 6.45) is 3.50. The molecule has 86 valence electrons. The minimum atomic E-state index is 0.650. The van der Waals surface area contributed by atoms with Crippen LogP contribution in [0.3, 0.4) is 0 Å². The second-order valence-corrected chi connectivity index (χ2v) is 5.20. The van der Waals surface area contributed by atoms with Gasteiger partial charge in [0.15, 0.2) is 0 Å². The second kappa shape index (κ2) is 7.01. The number of aromatic nitrogens is 2. The smallest absolute Gasteiger partial charge is 0.205 e. The zero-order chi connectivity index (χ0) is 11.1. The van der Waals surface area contributed by atoms with Gasteiger partial charge < -0.3 is 5.32 Å². The Bertz CT molecular complexity index is 271. The highest BCUT2D eigenvalue weighted by Crippen LogP contribution is 2.17. The van der Waals surface area contributed by atoms with E-state index in [2.05, 4.69) is 22.4 Å². The molecule has 0 aliphatic carbocycles. The first-order valence-corrected chi connectivity index (χ1v) is 6.71. The molecule has 0 bridgehead atoms. The van der Waals surface area contributed by atoms with Crippen LogP contribution in [0.2, 0.25) is 0 Å². The number of nitrogens with zero attached hydrogens (tertiary/aromatic N) is 2. The number of alkyl halides is 1. The van der Waals surface area contributed by atoms with Crippen molar-refractivity contribution in [1.82, 2.24) is 10.2 Å². The Balaban J connectivity index is 2.32. The molecule has 0 saturated carbocycles. The van der Waals surface area contributed by atoms with Gasteiger partial charge in [0.25, 0.3) is 0 Å². The molecule has 0 aromatic carbocycles. The number of nitrogens with one attached hydrogen (secondary N) is 1. The van der Waals surface area contributed by atoms with Crippen LogP contribution in [0.5, 0.6) is 0 Å². The molecule has 3 nitrogen and oxygen atoms in total. The molecule has 0 aliphatic rings. The number of hydrogen-bond donors (Lipinski definition) is 1. The van der Waals surface area contributed by atoms with Gasteiger partial charge in [-0.25, -0.2) is 0 Å². The molecule has 1 heterocycles. The highest BCUT2D eigenvalue weighted by Gasteiger charge is 2.08. The normalized spacial score (nSPS) is 12.7. The van der Waals surface area contributed by atoms with Crippen molar-refractivity contribution in [3.63, 3.8) is 0 Å². The van der Waals surface area contributed by atoms with Crippen molar-refractivity contribution in [1.29, 1.82) is 0 Å². The van der Waals surface area contributed by atoms with Crippen LogP contribution in [0.15, 0.2) is 0 Å². The molecule has 0 fully saturated rings. The third kappa shape index (κ3) is 4.80. The van der Waals surface area contributed by atoms with Crippen LogP contribution in [0, 0.1) is 12.8 Å². The third-order valence-corrected chi connectivity index (χ3v) is 3.30. The molecule has 0 radical (unpaired) electrons. The molecule has 15 heavy (non-hydrogen) atoms. The van der Waals surface area contributed by atoms with Crippen LogP contribution in [-0.2, 0) is 0 Å². The molecular weight excluding hydrogens is 230 g/mol. The van der Waals surface area contributed by atoms with E-state index in [0.29, 0.717) is 5.92 Å². The standard InChI is InChI=1S/C10H18ClN3S/c1-3-4-9(5-6-11)7-12-10-14-13-8(2)15-10/h9H,3-7H2,1-2H3,(H,12,14). The van der Waals surface area contributed by atoms with E-state index < -0.39 is 0 Å². The molecule has 1 N–H and O–H groups in total. The molecule has 0 spiro atoms. The average Bonchev–Trinajstić information content (AvgIpc) is 2.61. The van der Waals surface area contributed by atoms with Gasteiger partial charge in [0.2, 0.25) is 5.13 Å². The third-order valence-electron chi connectivity index (χ3n) is 2.28. The lowest BCUT2D eigenvalue weighted by molar-refractivity contribution is 0.490.